The number of hydrogen-bond acceptors (Lipinski definition) is 3. The van der Waals surface area contributed by atoms with E-state index < -0.39 is 0 Å². The summed E-state index contributed by atoms with van der Waals surface area (Å²) in [5, 5.41) is 0. The molecule has 0 saturated carbocycles. The fraction of sp³-hybridized carbons (Fsp3) is 0.611. The maximum atomic E-state index is 14.1. The van der Waals surface area contributed by atoms with Gasteiger partial charge >= 0.3 is 0 Å². The van der Waals surface area contributed by atoms with Crippen molar-refractivity contribution in [2.45, 2.75) is 39.2 Å². The van der Waals surface area contributed by atoms with Crippen molar-refractivity contribution < 1.29 is 13.9 Å². The second kappa shape index (κ2) is 5.99. The first-order chi connectivity index (χ1) is 10.5. The molecule has 0 aliphatic carbocycles. The number of fused-ring (bicyclic) bond motifs is 3. The molecule has 2 atom stereocenters. The molecule has 2 aliphatic heterocycles. The van der Waals surface area contributed by atoms with Gasteiger partial charge in [-0.3, -0.25) is 9.69 Å². The van der Waals surface area contributed by atoms with E-state index in [1.807, 2.05) is 0 Å². The zero-order chi connectivity index (χ0) is 15.9. The molecule has 2 heterocycles. The third kappa shape index (κ3) is 2.76. The van der Waals surface area contributed by atoms with Gasteiger partial charge in [0.25, 0.3) is 0 Å². The number of benzene rings is 1. The van der Waals surface area contributed by atoms with E-state index in [0.717, 1.165) is 37.1 Å². The average Bonchev–Trinajstić information content (AvgIpc) is 2.47. The van der Waals surface area contributed by atoms with Crippen LogP contribution in [0.4, 0.5) is 4.39 Å². The van der Waals surface area contributed by atoms with Crippen molar-refractivity contribution in [3.63, 3.8) is 0 Å². The fourth-order valence-electron chi connectivity index (χ4n) is 3.89. The molecule has 0 bridgehead atoms. The van der Waals surface area contributed by atoms with Crippen LogP contribution in [0.5, 0.6) is 5.75 Å². The molecule has 1 aromatic rings. The van der Waals surface area contributed by atoms with Crippen LogP contribution in [-0.2, 0) is 11.2 Å². The monoisotopic (exact) mass is 304 g/mol. The molecular formula is C18H24FNO2. The molecule has 2 aliphatic rings. The molecule has 2 unspecified atom stereocenters. The summed E-state index contributed by atoms with van der Waals surface area (Å²) >= 11 is 0. The highest BCUT2D eigenvalue weighted by Gasteiger charge is 2.38. The Morgan fingerprint density at radius 3 is 2.86 bits per heavy atom. The van der Waals surface area contributed by atoms with Crippen LogP contribution in [0.25, 0.3) is 0 Å². The topological polar surface area (TPSA) is 29.5 Å². The maximum absolute atomic E-state index is 14.1. The lowest BCUT2D eigenvalue weighted by atomic mass is 9.80. The zero-order valence-corrected chi connectivity index (χ0v) is 13.6. The molecule has 1 fully saturated rings. The molecule has 3 rings (SSSR count). The van der Waals surface area contributed by atoms with Gasteiger partial charge < -0.3 is 4.74 Å². The summed E-state index contributed by atoms with van der Waals surface area (Å²) in [5.74, 6) is 0.969. The number of halogens is 1. The van der Waals surface area contributed by atoms with Crippen LogP contribution in [0.2, 0.25) is 0 Å². The summed E-state index contributed by atoms with van der Waals surface area (Å²) in [6.07, 6.45) is 2.35. The minimum absolute atomic E-state index is 0.0417. The summed E-state index contributed by atoms with van der Waals surface area (Å²) in [4.78, 5) is 14.8. The molecule has 0 spiro atoms. The first-order valence-corrected chi connectivity index (χ1v) is 8.12. The van der Waals surface area contributed by atoms with Gasteiger partial charge in [-0.2, -0.15) is 0 Å². The first-order valence-electron chi connectivity index (χ1n) is 8.12. The van der Waals surface area contributed by atoms with Gasteiger partial charge in [0.2, 0.25) is 0 Å². The van der Waals surface area contributed by atoms with Gasteiger partial charge in [0.15, 0.2) is 11.6 Å². The van der Waals surface area contributed by atoms with Crippen LogP contribution < -0.4 is 4.74 Å². The molecule has 0 N–H and O–H groups in total. The molecule has 1 aromatic carbocycles. The molecule has 0 aromatic heterocycles. The number of carbonyl (C=O) groups is 1. The van der Waals surface area contributed by atoms with Crippen molar-refractivity contribution >= 4 is 5.78 Å². The van der Waals surface area contributed by atoms with Crippen molar-refractivity contribution in [3.05, 3.63) is 29.1 Å². The predicted molar refractivity (Wildman–Crippen MR) is 83.5 cm³/mol. The molecular weight excluding hydrogens is 280 g/mol. The van der Waals surface area contributed by atoms with E-state index in [-0.39, 0.29) is 17.8 Å². The van der Waals surface area contributed by atoms with E-state index in [4.69, 9.17) is 4.74 Å². The quantitative estimate of drug-likeness (QED) is 0.857. The minimum Gasteiger partial charge on any atom is -0.494 e. The molecule has 120 valence electrons. The number of ether oxygens (including phenoxy) is 1. The Bertz CT molecular complexity index is 585. The number of piperidine rings is 1. The second-order valence-electron chi connectivity index (χ2n) is 6.94. The van der Waals surface area contributed by atoms with E-state index in [1.54, 1.807) is 12.1 Å². The van der Waals surface area contributed by atoms with Crippen LogP contribution in [0.3, 0.4) is 0 Å². The van der Waals surface area contributed by atoms with E-state index in [0.29, 0.717) is 23.9 Å². The molecule has 4 heteroatoms. The fourth-order valence-corrected chi connectivity index (χ4v) is 3.89. The molecule has 3 nitrogen and oxygen atoms in total. The van der Waals surface area contributed by atoms with Gasteiger partial charge in [-0.25, -0.2) is 4.39 Å². The predicted octanol–water partition coefficient (Wildman–Crippen LogP) is 3.37. The highest BCUT2D eigenvalue weighted by atomic mass is 18.2. The van der Waals surface area contributed by atoms with E-state index in [9.17, 15) is 9.18 Å². The molecule has 0 amide bonds. The molecule has 22 heavy (non-hydrogen) atoms. The number of methoxy groups -OCH3 is 1. The van der Waals surface area contributed by atoms with Gasteiger partial charge in [-0.05, 0) is 42.0 Å². The lowest BCUT2D eigenvalue weighted by Gasteiger charge is -2.43. The Morgan fingerprint density at radius 2 is 2.18 bits per heavy atom. The Balaban J connectivity index is 1.87. The number of Topliss-reactive ketones (excluding diaryl/α,β-unsaturated/α-hetero) is 1. The Morgan fingerprint density at radius 1 is 1.41 bits per heavy atom. The summed E-state index contributed by atoms with van der Waals surface area (Å²) in [5.41, 5.74) is 2.09. The lowest BCUT2D eigenvalue weighted by molar-refractivity contribution is -0.129. The summed E-state index contributed by atoms with van der Waals surface area (Å²) < 4.78 is 19.1. The number of carbonyl (C=O) groups excluding carboxylic acids is 1. The van der Waals surface area contributed by atoms with Crippen LogP contribution in [0.1, 0.15) is 43.9 Å². The normalized spacial score (nSPS) is 25.0. The minimum atomic E-state index is -0.333. The van der Waals surface area contributed by atoms with Gasteiger partial charge in [-0.15, -0.1) is 0 Å². The zero-order valence-electron chi connectivity index (χ0n) is 13.6. The number of ketones is 1. The van der Waals surface area contributed by atoms with E-state index in [2.05, 4.69) is 18.7 Å². The van der Waals surface area contributed by atoms with Gasteiger partial charge in [-0.1, -0.05) is 13.8 Å². The van der Waals surface area contributed by atoms with Crippen molar-refractivity contribution in [2.24, 2.45) is 11.8 Å². The number of nitrogens with zero attached hydrogens (tertiary/aromatic N) is 1. The molecule has 0 radical (unpaired) electrons. The maximum Gasteiger partial charge on any atom is 0.165 e. The standard InChI is InChI=1S/C18H24FNO2/c1-11(2)6-13-10-20-5-4-12-7-18(22-3)15(19)8-14(12)16(20)9-17(13)21/h7-8,11,13,16H,4-6,9-10H2,1-3H3/i19-1. The average molecular weight is 304 g/mol. The van der Waals surface area contributed by atoms with Crippen molar-refractivity contribution in [3.8, 4) is 5.75 Å². The van der Waals surface area contributed by atoms with Crippen molar-refractivity contribution in [1.82, 2.24) is 4.90 Å². The van der Waals surface area contributed by atoms with Crippen LogP contribution in [0.15, 0.2) is 12.1 Å². The largest absolute Gasteiger partial charge is 0.494 e. The van der Waals surface area contributed by atoms with E-state index in [1.165, 1.54) is 7.11 Å². The van der Waals surface area contributed by atoms with Crippen molar-refractivity contribution in [1.29, 1.82) is 0 Å². The smallest absolute Gasteiger partial charge is 0.165 e. The SMILES string of the molecule is COc1cc2c(cc1[18F])C1CC(=O)C(CC(C)C)CN1CC2. The summed E-state index contributed by atoms with van der Waals surface area (Å²) in [6.45, 7) is 6.07. The van der Waals surface area contributed by atoms with Crippen LogP contribution in [-0.4, -0.2) is 30.9 Å². The van der Waals surface area contributed by atoms with Crippen LogP contribution in [0, 0.1) is 17.7 Å². The van der Waals surface area contributed by atoms with Crippen molar-refractivity contribution in [2.75, 3.05) is 20.2 Å². The lowest BCUT2D eigenvalue weighted by Crippen LogP contribution is -2.46. The van der Waals surface area contributed by atoms with Crippen LogP contribution >= 0.6 is 0 Å². The highest BCUT2D eigenvalue weighted by molar-refractivity contribution is 5.83. The Labute approximate surface area is 131 Å². The number of hydrogen-bond donors (Lipinski definition) is 0. The number of rotatable bonds is 3. The van der Waals surface area contributed by atoms with E-state index >= 15 is 0 Å². The van der Waals surface area contributed by atoms with Gasteiger partial charge in [0.05, 0.1) is 7.11 Å². The van der Waals surface area contributed by atoms with Gasteiger partial charge in [0.1, 0.15) is 5.78 Å². The Kier molecular flexibility index (Phi) is 4.22. The summed E-state index contributed by atoms with van der Waals surface area (Å²) in [6, 6.07) is 3.41. The molecule has 1 saturated heterocycles. The third-order valence-electron chi connectivity index (χ3n) is 4.94. The Hall–Kier alpha value is -1.42. The highest BCUT2D eigenvalue weighted by Crippen LogP contribution is 2.40. The summed E-state index contributed by atoms with van der Waals surface area (Å²) in [7, 11) is 1.49. The second-order valence-corrected chi connectivity index (χ2v) is 6.94. The van der Waals surface area contributed by atoms with Gasteiger partial charge in [0, 0.05) is 31.5 Å². The first kappa shape index (κ1) is 15.5. The third-order valence-corrected chi connectivity index (χ3v) is 4.94.